The summed E-state index contributed by atoms with van der Waals surface area (Å²) in [7, 11) is 1.54. The summed E-state index contributed by atoms with van der Waals surface area (Å²) in [5.74, 6) is 0.712. The predicted octanol–water partition coefficient (Wildman–Crippen LogP) is 4.69. The van der Waals surface area contributed by atoms with E-state index in [1.54, 1.807) is 44.4 Å². The molecule has 0 saturated carbocycles. The van der Waals surface area contributed by atoms with Gasteiger partial charge in [0.2, 0.25) is 0 Å². The van der Waals surface area contributed by atoms with Crippen LogP contribution in [-0.4, -0.2) is 24.2 Å². The number of nitrogen functional groups attached to an aromatic ring is 1. The third kappa shape index (κ3) is 5.41. The lowest BCUT2D eigenvalue weighted by molar-refractivity contribution is 0.0958. The first-order valence-electron chi connectivity index (χ1n) is 8.68. The molecule has 0 aliphatic carbocycles. The number of rotatable bonds is 7. The number of hydrazone groups is 1. The number of ether oxygens (including phenoxy) is 2. The number of thiazole rings is 1. The number of nitrogens with one attached hydrogen (secondary N) is 1. The van der Waals surface area contributed by atoms with E-state index in [0.29, 0.717) is 43.9 Å². The van der Waals surface area contributed by atoms with E-state index in [1.165, 1.54) is 6.21 Å². The second-order valence-electron chi connectivity index (χ2n) is 6.11. The van der Waals surface area contributed by atoms with Crippen LogP contribution in [0.5, 0.6) is 11.5 Å². The van der Waals surface area contributed by atoms with Gasteiger partial charge < -0.3 is 15.2 Å². The Morgan fingerprint density at radius 1 is 1.23 bits per heavy atom. The van der Waals surface area contributed by atoms with Crippen LogP contribution < -0.4 is 20.6 Å². The second-order valence-corrected chi connectivity index (χ2v) is 7.96. The molecule has 10 heteroatoms. The lowest BCUT2D eigenvalue weighted by Gasteiger charge is -2.11. The number of halogens is 2. The molecule has 3 N–H and O–H groups in total. The lowest BCUT2D eigenvalue weighted by Crippen LogP contribution is -2.17. The Morgan fingerprint density at radius 2 is 2.03 bits per heavy atom. The number of benzene rings is 2. The highest BCUT2D eigenvalue weighted by atomic mass is 35.5. The largest absolute Gasteiger partial charge is 0.493 e. The summed E-state index contributed by atoms with van der Waals surface area (Å²) in [4.78, 5) is 16.6. The highest BCUT2D eigenvalue weighted by Gasteiger charge is 2.13. The normalized spacial score (nSPS) is 10.9. The first-order valence-corrected chi connectivity index (χ1v) is 10.3. The van der Waals surface area contributed by atoms with E-state index >= 15 is 0 Å². The molecule has 0 spiro atoms. The Labute approximate surface area is 187 Å². The number of nitrogens with two attached hydrogens (primary N) is 1. The minimum atomic E-state index is -0.369. The van der Waals surface area contributed by atoms with E-state index in [0.717, 1.165) is 22.5 Å². The van der Waals surface area contributed by atoms with Crippen molar-refractivity contribution in [3.8, 4) is 11.5 Å². The lowest BCUT2D eigenvalue weighted by atomic mass is 10.2. The number of aryl methyl sites for hydroxylation is 1. The van der Waals surface area contributed by atoms with Gasteiger partial charge in [-0.15, -0.1) is 0 Å². The van der Waals surface area contributed by atoms with Gasteiger partial charge in [0, 0.05) is 0 Å². The van der Waals surface area contributed by atoms with Crippen molar-refractivity contribution in [1.29, 1.82) is 0 Å². The van der Waals surface area contributed by atoms with Crippen LogP contribution in [0.25, 0.3) is 0 Å². The molecule has 0 unspecified atom stereocenters. The van der Waals surface area contributed by atoms with Crippen LogP contribution in [0.15, 0.2) is 41.5 Å². The standard InChI is InChI=1S/C20H18Cl2N4O3S/c1-11-18(30-20(23)25-11)19(27)26-24-9-12-4-6-16(17(8-12)28-2)29-10-13-3-5-14(21)15(22)7-13/h3-9H,10H2,1-2H3,(H2,23,25)(H,26,27)/b24-9-. The molecular formula is C20H18Cl2N4O3S. The first kappa shape index (κ1) is 21.9. The number of methoxy groups -OCH3 is 1. The molecule has 156 valence electrons. The molecule has 3 aromatic rings. The molecule has 1 aromatic heterocycles. The molecule has 1 heterocycles. The van der Waals surface area contributed by atoms with E-state index in [9.17, 15) is 4.79 Å². The third-order valence-corrected chi connectivity index (χ3v) is 5.69. The number of anilines is 1. The van der Waals surface area contributed by atoms with Crippen LogP contribution >= 0.6 is 34.5 Å². The van der Waals surface area contributed by atoms with Gasteiger partial charge in [0.25, 0.3) is 5.91 Å². The van der Waals surface area contributed by atoms with Crippen molar-refractivity contribution in [2.24, 2.45) is 5.10 Å². The average molecular weight is 465 g/mol. The molecule has 30 heavy (non-hydrogen) atoms. The minimum absolute atomic E-state index is 0.300. The maximum atomic E-state index is 12.1. The summed E-state index contributed by atoms with van der Waals surface area (Å²) in [6.45, 7) is 2.02. The minimum Gasteiger partial charge on any atom is -0.493 e. The van der Waals surface area contributed by atoms with Crippen LogP contribution in [-0.2, 0) is 6.61 Å². The van der Waals surface area contributed by atoms with Gasteiger partial charge in [-0.25, -0.2) is 10.4 Å². The highest BCUT2D eigenvalue weighted by molar-refractivity contribution is 7.17. The number of carbonyl (C=O) groups excluding carboxylic acids is 1. The summed E-state index contributed by atoms with van der Waals surface area (Å²) in [5, 5.41) is 5.27. The highest BCUT2D eigenvalue weighted by Crippen LogP contribution is 2.29. The van der Waals surface area contributed by atoms with Crippen molar-refractivity contribution in [3.63, 3.8) is 0 Å². The van der Waals surface area contributed by atoms with Gasteiger partial charge in [0.1, 0.15) is 11.5 Å². The molecule has 1 amide bonds. The van der Waals surface area contributed by atoms with Crippen LogP contribution in [0, 0.1) is 6.92 Å². The van der Waals surface area contributed by atoms with E-state index in [1.807, 2.05) is 6.07 Å². The Kier molecular flexibility index (Phi) is 7.15. The summed E-state index contributed by atoms with van der Waals surface area (Å²) >= 11 is 13.1. The zero-order valence-corrected chi connectivity index (χ0v) is 18.4. The number of hydrogen-bond donors (Lipinski definition) is 2. The van der Waals surface area contributed by atoms with Crippen LogP contribution in [0.4, 0.5) is 5.13 Å². The Hall–Kier alpha value is -2.81. The SMILES string of the molecule is COc1cc(/C=N\NC(=O)c2sc(N)nc2C)ccc1OCc1ccc(Cl)c(Cl)c1. The average Bonchev–Trinajstić information content (AvgIpc) is 3.07. The monoisotopic (exact) mass is 464 g/mol. The number of amides is 1. The van der Waals surface area contributed by atoms with Crippen molar-refractivity contribution in [1.82, 2.24) is 10.4 Å². The Bertz CT molecular complexity index is 1100. The smallest absolute Gasteiger partial charge is 0.283 e. The van der Waals surface area contributed by atoms with Gasteiger partial charge >= 0.3 is 0 Å². The molecule has 0 radical (unpaired) electrons. The summed E-state index contributed by atoms with van der Waals surface area (Å²) in [5.41, 5.74) is 10.2. The van der Waals surface area contributed by atoms with Gasteiger partial charge in [-0.1, -0.05) is 40.6 Å². The van der Waals surface area contributed by atoms with Crippen LogP contribution in [0.3, 0.4) is 0 Å². The van der Waals surface area contributed by atoms with Crippen molar-refractivity contribution in [2.75, 3.05) is 12.8 Å². The fourth-order valence-corrected chi connectivity index (χ4v) is 3.56. The maximum absolute atomic E-state index is 12.1. The second kappa shape index (κ2) is 9.80. The fourth-order valence-electron chi connectivity index (χ4n) is 2.52. The van der Waals surface area contributed by atoms with Gasteiger partial charge in [-0.05, 0) is 48.4 Å². The predicted molar refractivity (Wildman–Crippen MR) is 120 cm³/mol. The Balaban J connectivity index is 1.64. The van der Waals surface area contributed by atoms with Crippen LogP contribution in [0.1, 0.15) is 26.5 Å². The van der Waals surface area contributed by atoms with Crippen molar-refractivity contribution in [3.05, 3.63) is 68.1 Å². The topological polar surface area (TPSA) is 98.8 Å². The van der Waals surface area contributed by atoms with Crippen molar-refractivity contribution >= 4 is 51.8 Å². The molecule has 3 rings (SSSR count). The molecule has 0 bridgehead atoms. The quantitative estimate of drug-likeness (QED) is 0.390. The number of hydrogen-bond acceptors (Lipinski definition) is 7. The van der Waals surface area contributed by atoms with E-state index in [-0.39, 0.29) is 5.91 Å². The number of aromatic nitrogens is 1. The molecule has 2 aromatic carbocycles. The van der Waals surface area contributed by atoms with Gasteiger partial charge in [-0.3, -0.25) is 4.79 Å². The molecule has 0 fully saturated rings. The number of nitrogens with zero attached hydrogens (tertiary/aromatic N) is 2. The van der Waals surface area contributed by atoms with Gasteiger partial charge in [0.05, 0.1) is 29.1 Å². The zero-order chi connectivity index (χ0) is 21.7. The van der Waals surface area contributed by atoms with Gasteiger partial charge in [0.15, 0.2) is 16.6 Å². The van der Waals surface area contributed by atoms with Crippen molar-refractivity contribution in [2.45, 2.75) is 13.5 Å². The van der Waals surface area contributed by atoms with Gasteiger partial charge in [-0.2, -0.15) is 5.10 Å². The number of carbonyl (C=O) groups is 1. The van der Waals surface area contributed by atoms with Crippen LogP contribution in [0.2, 0.25) is 10.0 Å². The molecule has 0 atom stereocenters. The Morgan fingerprint density at radius 3 is 2.70 bits per heavy atom. The summed E-state index contributed by atoms with van der Waals surface area (Å²) in [6.07, 6.45) is 1.50. The third-order valence-electron chi connectivity index (χ3n) is 3.97. The van der Waals surface area contributed by atoms with E-state index in [4.69, 9.17) is 38.4 Å². The zero-order valence-electron chi connectivity index (χ0n) is 16.1. The first-order chi connectivity index (χ1) is 14.4. The molecule has 0 aliphatic heterocycles. The molecule has 0 saturated heterocycles. The van der Waals surface area contributed by atoms with Crippen molar-refractivity contribution < 1.29 is 14.3 Å². The van der Waals surface area contributed by atoms with E-state index < -0.39 is 0 Å². The van der Waals surface area contributed by atoms with E-state index in [2.05, 4.69) is 15.5 Å². The fraction of sp³-hybridized carbons (Fsp3) is 0.150. The summed E-state index contributed by atoms with van der Waals surface area (Å²) < 4.78 is 11.2. The maximum Gasteiger partial charge on any atom is 0.283 e. The molecule has 0 aliphatic rings. The molecule has 7 nitrogen and oxygen atoms in total. The molecular weight excluding hydrogens is 447 g/mol. The summed E-state index contributed by atoms with van der Waals surface area (Å²) in [6, 6.07) is 10.6.